The maximum atomic E-state index is 12.3. The first kappa shape index (κ1) is 19.1. The van der Waals surface area contributed by atoms with Crippen molar-refractivity contribution in [1.82, 2.24) is 14.9 Å². The zero-order valence-corrected chi connectivity index (χ0v) is 15.5. The topological polar surface area (TPSA) is 82.4 Å². The largest absolute Gasteiger partial charge is 0.467 e. The summed E-state index contributed by atoms with van der Waals surface area (Å²) in [4.78, 5) is 25.2. The molecule has 1 unspecified atom stereocenters. The van der Waals surface area contributed by atoms with Gasteiger partial charge in [-0.25, -0.2) is 4.39 Å². The van der Waals surface area contributed by atoms with Gasteiger partial charge < -0.3 is 14.5 Å². The van der Waals surface area contributed by atoms with Crippen LogP contribution in [0.15, 0.2) is 12.2 Å². The van der Waals surface area contributed by atoms with E-state index in [2.05, 4.69) is 20.9 Å². The van der Waals surface area contributed by atoms with Crippen molar-refractivity contribution in [3.63, 3.8) is 0 Å². The third kappa shape index (κ3) is 4.18. The molecule has 1 saturated heterocycles. The number of hydrogen-bond acceptors (Lipinski definition) is 6. The van der Waals surface area contributed by atoms with Gasteiger partial charge in [0, 0.05) is 31.3 Å². The summed E-state index contributed by atoms with van der Waals surface area (Å²) in [5.41, 5.74) is 2.18. The van der Waals surface area contributed by atoms with Crippen molar-refractivity contribution in [2.75, 3.05) is 38.3 Å². The summed E-state index contributed by atoms with van der Waals surface area (Å²) in [5, 5.41) is 9.20. The van der Waals surface area contributed by atoms with Crippen molar-refractivity contribution in [3.05, 3.63) is 23.4 Å². The highest BCUT2D eigenvalue weighted by molar-refractivity contribution is 5.88. The second-order valence-corrected chi connectivity index (χ2v) is 6.72. The van der Waals surface area contributed by atoms with Gasteiger partial charge in [0.2, 0.25) is 5.91 Å². The first-order valence-electron chi connectivity index (χ1n) is 9.26. The van der Waals surface area contributed by atoms with Crippen molar-refractivity contribution in [2.45, 2.75) is 38.1 Å². The molecule has 1 aromatic rings. The lowest BCUT2D eigenvalue weighted by Crippen LogP contribution is -2.55. The van der Waals surface area contributed by atoms with E-state index in [1.807, 2.05) is 0 Å². The molecule has 0 spiro atoms. The molecule has 3 rings (SSSR count). The lowest BCUT2D eigenvalue weighted by Gasteiger charge is -2.41. The zero-order valence-electron chi connectivity index (χ0n) is 15.5. The number of alkyl halides is 1. The first-order chi connectivity index (χ1) is 13.2. The normalized spacial score (nSPS) is 19.7. The van der Waals surface area contributed by atoms with Crippen LogP contribution in [0.4, 0.5) is 10.2 Å². The molecule has 7 nitrogen and oxygen atoms in total. The summed E-state index contributed by atoms with van der Waals surface area (Å²) in [6.45, 7) is 0.892. The smallest absolute Gasteiger partial charge is 0.318 e. The van der Waals surface area contributed by atoms with Crippen molar-refractivity contribution in [2.24, 2.45) is 0 Å². The standard InChI is InChI=1S/C19H24FN5O2/c1-27-19-22-16-6-3-2-5-15(16)18(23-19)24-11-12-25(14(13-24)8-10-21)17(26)7-4-9-20/h4,7,14H,2-3,5-6,8-9,11-13H2,1H3/b7-4+. The van der Waals surface area contributed by atoms with Gasteiger partial charge in [0.1, 0.15) is 12.5 Å². The summed E-state index contributed by atoms with van der Waals surface area (Å²) in [5.74, 6) is 0.598. The molecule has 1 amide bonds. The van der Waals surface area contributed by atoms with Crippen LogP contribution < -0.4 is 9.64 Å². The maximum Gasteiger partial charge on any atom is 0.318 e. The highest BCUT2D eigenvalue weighted by Crippen LogP contribution is 2.31. The van der Waals surface area contributed by atoms with E-state index in [1.54, 1.807) is 12.0 Å². The van der Waals surface area contributed by atoms with E-state index in [-0.39, 0.29) is 18.4 Å². The van der Waals surface area contributed by atoms with E-state index in [9.17, 15) is 14.4 Å². The Hall–Kier alpha value is -2.69. The monoisotopic (exact) mass is 373 g/mol. The molecule has 8 heteroatoms. The number of amides is 1. The van der Waals surface area contributed by atoms with E-state index in [4.69, 9.17) is 4.74 Å². The van der Waals surface area contributed by atoms with E-state index >= 15 is 0 Å². The molecule has 1 fully saturated rings. The Morgan fingerprint density at radius 3 is 2.93 bits per heavy atom. The third-order valence-electron chi connectivity index (χ3n) is 5.07. The second-order valence-electron chi connectivity index (χ2n) is 6.72. The number of fused-ring (bicyclic) bond motifs is 1. The lowest BCUT2D eigenvalue weighted by atomic mass is 9.95. The number of nitrogens with zero attached hydrogens (tertiary/aromatic N) is 5. The molecule has 0 radical (unpaired) electrons. The summed E-state index contributed by atoms with van der Waals surface area (Å²) in [7, 11) is 1.56. The van der Waals surface area contributed by atoms with Crippen molar-refractivity contribution in [1.29, 1.82) is 5.26 Å². The summed E-state index contributed by atoms with van der Waals surface area (Å²) in [6.07, 6.45) is 6.71. The van der Waals surface area contributed by atoms with Gasteiger partial charge in [0.25, 0.3) is 0 Å². The van der Waals surface area contributed by atoms with E-state index < -0.39 is 6.67 Å². The Morgan fingerprint density at radius 1 is 1.37 bits per heavy atom. The fourth-order valence-electron chi connectivity index (χ4n) is 3.76. The maximum absolute atomic E-state index is 12.3. The predicted molar refractivity (Wildman–Crippen MR) is 98.3 cm³/mol. The van der Waals surface area contributed by atoms with Gasteiger partial charge in [0.05, 0.1) is 31.3 Å². The number of halogens is 1. The number of aromatic nitrogens is 2. The van der Waals surface area contributed by atoms with Crippen LogP contribution in [-0.2, 0) is 17.6 Å². The molecule has 27 heavy (non-hydrogen) atoms. The molecule has 1 aliphatic carbocycles. The number of hydrogen-bond donors (Lipinski definition) is 0. The molecular weight excluding hydrogens is 349 g/mol. The predicted octanol–water partition coefficient (Wildman–Crippen LogP) is 1.82. The summed E-state index contributed by atoms with van der Waals surface area (Å²) < 4.78 is 17.6. The average Bonchev–Trinajstić information content (AvgIpc) is 2.71. The SMILES string of the molecule is COc1nc2c(c(N3CCN(C(=O)/C=C/CF)C(CC#N)C3)n1)CCCC2. The molecule has 0 bridgehead atoms. The number of carbonyl (C=O) groups excluding carboxylic acids is 1. The molecule has 2 aliphatic rings. The molecule has 144 valence electrons. The molecule has 1 aliphatic heterocycles. The average molecular weight is 373 g/mol. The van der Waals surface area contributed by atoms with Gasteiger partial charge in [-0.1, -0.05) is 0 Å². The van der Waals surface area contributed by atoms with Gasteiger partial charge in [0.15, 0.2) is 0 Å². The minimum Gasteiger partial charge on any atom is -0.467 e. The molecule has 0 aromatic carbocycles. The molecule has 0 N–H and O–H groups in total. The fourth-order valence-corrected chi connectivity index (χ4v) is 3.76. The molecule has 1 atom stereocenters. The van der Waals surface area contributed by atoms with Crippen molar-refractivity contribution < 1.29 is 13.9 Å². The Kier molecular flexibility index (Phi) is 6.22. The van der Waals surface area contributed by atoms with Crippen LogP contribution in [0.3, 0.4) is 0 Å². The highest BCUT2D eigenvalue weighted by Gasteiger charge is 2.32. The van der Waals surface area contributed by atoms with Crippen LogP contribution in [0, 0.1) is 11.3 Å². The summed E-state index contributed by atoms with van der Waals surface area (Å²) in [6, 6.07) is 2.25. The number of ether oxygens (including phenoxy) is 1. The number of methoxy groups -OCH3 is 1. The van der Waals surface area contributed by atoms with Crippen LogP contribution in [0.25, 0.3) is 0 Å². The molecule has 0 saturated carbocycles. The van der Waals surface area contributed by atoms with Crippen LogP contribution in [-0.4, -0.2) is 60.2 Å². The van der Waals surface area contributed by atoms with Crippen LogP contribution in [0.2, 0.25) is 0 Å². The number of nitriles is 1. The Bertz CT molecular complexity index is 761. The number of piperazine rings is 1. The molecular formula is C19H24FN5O2. The van der Waals surface area contributed by atoms with Gasteiger partial charge in [-0.3, -0.25) is 4.79 Å². The van der Waals surface area contributed by atoms with Gasteiger partial charge in [-0.05, 0) is 31.8 Å². The van der Waals surface area contributed by atoms with Gasteiger partial charge >= 0.3 is 6.01 Å². The van der Waals surface area contributed by atoms with Crippen LogP contribution in [0.5, 0.6) is 6.01 Å². The zero-order chi connectivity index (χ0) is 19.2. The molecule has 1 aromatic heterocycles. The molecule has 2 heterocycles. The number of carbonyl (C=O) groups is 1. The fraction of sp³-hybridized carbons (Fsp3) is 0.579. The van der Waals surface area contributed by atoms with Gasteiger partial charge in [-0.15, -0.1) is 0 Å². The van der Waals surface area contributed by atoms with Crippen LogP contribution in [0.1, 0.15) is 30.5 Å². The second kappa shape index (κ2) is 8.80. The highest BCUT2D eigenvalue weighted by atomic mass is 19.1. The Balaban J connectivity index is 1.86. The van der Waals surface area contributed by atoms with E-state index in [1.165, 1.54) is 12.2 Å². The number of rotatable bonds is 5. The Labute approximate surface area is 158 Å². The number of anilines is 1. The minimum atomic E-state index is -0.679. The van der Waals surface area contributed by atoms with Gasteiger partial charge in [-0.2, -0.15) is 15.2 Å². The summed E-state index contributed by atoms with van der Waals surface area (Å²) >= 11 is 0. The first-order valence-corrected chi connectivity index (χ1v) is 9.26. The minimum absolute atomic E-state index is 0.218. The Morgan fingerprint density at radius 2 is 2.19 bits per heavy atom. The quantitative estimate of drug-likeness (QED) is 0.732. The lowest BCUT2D eigenvalue weighted by molar-refractivity contribution is -0.128. The van der Waals surface area contributed by atoms with Crippen molar-refractivity contribution in [3.8, 4) is 12.1 Å². The van der Waals surface area contributed by atoms with Crippen LogP contribution >= 0.6 is 0 Å². The van der Waals surface area contributed by atoms with E-state index in [0.717, 1.165) is 42.8 Å². The van der Waals surface area contributed by atoms with E-state index in [0.29, 0.717) is 25.6 Å². The third-order valence-corrected chi connectivity index (χ3v) is 5.07. The number of allylic oxidation sites excluding steroid dienone is 1. The van der Waals surface area contributed by atoms with Crippen molar-refractivity contribution >= 4 is 11.7 Å². The number of aryl methyl sites for hydroxylation is 1.